The van der Waals surface area contributed by atoms with Crippen molar-refractivity contribution in [1.29, 1.82) is 0 Å². The van der Waals surface area contributed by atoms with E-state index < -0.39 is 4.92 Å². The topological polar surface area (TPSA) is 77.2 Å². The third-order valence-corrected chi connectivity index (χ3v) is 3.26. The Morgan fingerprint density at radius 3 is 2.72 bits per heavy atom. The van der Waals surface area contributed by atoms with Gasteiger partial charge in [0.1, 0.15) is 0 Å². The van der Waals surface area contributed by atoms with E-state index in [1.807, 2.05) is 6.92 Å². The van der Waals surface area contributed by atoms with E-state index >= 15 is 0 Å². The largest absolute Gasteiger partial charge is 0.358 e. The molecule has 6 nitrogen and oxygen atoms in total. The number of aromatic nitrogens is 1. The van der Waals surface area contributed by atoms with Crippen molar-refractivity contribution >= 4 is 27.7 Å². The van der Waals surface area contributed by atoms with Crippen LogP contribution in [0.3, 0.4) is 0 Å². The van der Waals surface area contributed by atoms with Crippen LogP contribution in [0.5, 0.6) is 0 Å². The Labute approximate surface area is 114 Å². The molecule has 1 aromatic rings. The van der Waals surface area contributed by atoms with Crippen LogP contribution in [0.2, 0.25) is 0 Å². The van der Waals surface area contributed by atoms with Gasteiger partial charge >= 0.3 is 5.82 Å². The number of carbonyl (C=O) groups excluding carboxylic acids is 1. The van der Waals surface area contributed by atoms with Gasteiger partial charge in [-0.3, -0.25) is 4.79 Å². The van der Waals surface area contributed by atoms with Crippen molar-refractivity contribution in [3.8, 4) is 0 Å². The van der Waals surface area contributed by atoms with E-state index in [9.17, 15) is 14.9 Å². The summed E-state index contributed by atoms with van der Waals surface area (Å²) in [6.07, 6.45) is 1.65. The van der Waals surface area contributed by atoms with Crippen LogP contribution in [0.1, 0.15) is 30.3 Å². The van der Waals surface area contributed by atoms with Gasteiger partial charge in [0.2, 0.25) is 0 Å². The number of nitrogens with zero attached hydrogens (tertiary/aromatic N) is 2. The van der Waals surface area contributed by atoms with Crippen molar-refractivity contribution in [3.63, 3.8) is 0 Å². The number of hydrogen-bond acceptors (Lipinski definition) is 3. The van der Waals surface area contributed by atoms with Crippen LogP contribution in [0.4, 0.5) is 5.82 Å². The second-order valence-electron chi connectivity index (χ2n) is 3.95. The van der Waals surface area contributed by atoms with Crippen LogP contribution in [-0.2, 0) is 7.05 Å². The maximum Gasteiger partial charge on any atom is 0.323 e. The zero-order valence-electron chi connectivity index (χ0n) is 10.4. The summed E-state index contributed by atoms with van der Waals surface area (Å²) in [6.45, 7) is 1.99. The third-order valence-electron chi connectivity index (χ3n) is 2.80. The van der Waals surface area contributed by atoms with Gasteiger partial charge in [-0.2, -0.15) is 0 Å². The number of hydrogen-bond donors (Lipinski definition) is 1. The summed E-state index contributed by atoms with van der Waals surface area (Å²) in [6, 6.07) is 2.88. The first kappa shape index (κ1) is 14.7. The number of rotatable bonds is 6. The second-order valence-corrected chi connectivity index (χ2v) is 4.74. The van der Waals surface area contributed by atoms with Crippen molar-refractivity contribution in [2.75, 3.05) is 5.33 Å². The van der Waals surface area contributed by atoms with Gasteiger partial charge in [-0.15, -0.1) is 0 Å². The molecule has 7 heteroatoms. The molecule has 0 saturated carbocycles. The highest BCUT2D eigenvalue weighted by Gasteiger charge is 2.21. The predicted molar refractivity (Wildman–Crippen MR) is 72.0 cm³/mol. The second kappa shape index (κ2) is 6.53. The average Bonchev–Trinajstić information content (AvgIpc) is 2.70. The SMILES string of the molecule is CCC(CCBr)NC(=O)c1ccc([N+](=O)[O-])n1C. The van der Waals surface area contributed by atoms with Gasteiger partial charge in [-0.05, 0) is 23.8 Å². The zero-order chi connectivity index (χ0) is 13.7. The monoisotopic (exact) mass is 317 g/mol. The molecule has 18 heavy (non-hydrogen) atoms. The minimum Gasteiger partial charge on any atom is -0.358 e. The lowest BCUT2D eigenvalue weighted by atomic mass is 10.1. The maximum absolute atomic E-state index is 12.0. The van der Waals surface area contributed by atoms with E-state index in [0.29, 0.717) is 5.69 Å². The van der Waals surface area contributed by atoms with Crippen molar-refractivity contribution in [2.45, 2.75) is 25.8 Å². The predicted octanol–water partition coefficient (Wildman–Crippen LogP) is 2.23. The number of alkyl halides is 1. The van der Waals surface area contributed by atoms with Gasteiger partial charge in [-0.1, -0.05) is 22.9 Å². The third kappa shape index (κ3) is 3.32. The summed E-state index contributed by atoms with van der Waals surface area (Å²) in [5.41, 5.74) is 0.301. The Morgan fingerprint density at radius 2 is 2.28 bits per heavy atom. The molecule has 0 aliphatic rings. The molecule has 1 heterocycles. The van der Waals surface area contributed by atoms with Crippen LogP contribution < -0.4 is 5.32 Å². The van der Waals surface area contributed by atoms with E-state index in [4.69, 9.17) is 0 Å². The minimum absolute atomic E-state index is 0.0748. The molecule has 0 saturated heterocycles. The molecule has 1 aromatic heterocycles. The van der Waals surface area contributed by atoms with Gasteiger partial charge in [0.05, 0.1) is 7.05 Å². The van der Waals surface area contributed by atoms with Crippen molar-refractivity contribution in [3.05, 3.63) is 27.9 Å². The van der Waals surface area contributed by atoms with Crippen LogP contribution in [-0.4, -0.2) is 26.8 Å². The van der Waals surface area contributed by atoms with E-state index in [2.05, 4.69) is 21.2 Å². The average molecular weight is 318 g/mol. The van der Waals surface area contributed by atoms with Crippen LogP contribution >= 0.6 is 15.9 Å². The minimum atomic E-state index is -0.507. The molecular formula is C11H16BrN3O3. The normalized spacial score (nSPS) is 12.2. The quantitative estimate of drug-likeness (QED) is 0.496. The smallest absolute Gasteiger partial charge is 0.323 e. The van der Waals surface area contributed by atoms with Gasteiger partial charge in [0, 0.05) is 17.4 Å². The lowest BCUT2D eigenvalue weighted by Gasteiger charge is -2.14. The number of nitrogens with one attached hydrogen (secondary N) is 1. The molecule has 0 aromatic carbocycles. The highest BCUT2D eigenvalue weighted by Crippen LogP contribution is 2.15. The molecule has 0 aliphatic carbocycles. The maximum atomic E-state index is 12.0. The molecule has 0 aliphatic heterocycles. The summed E-state index contributed by atoms with van der Waals surface area (Å²) in [5, 5.41) is 14.4. The van der Waals surface area contributed by atoms with Crippen LogP contribution in [0.15, 0.2) is 12.1 Å². The molecule has 1 amide bonds. The van der Waals surface area contributed by atoms with E-state index in [-0.39, 0.29) is 17.8 Å². The zero-order valence-corrected chi connectivity index (χ0v) is 11.9. The summed E-state index contributed by atoms with van der Waals surface area (Å²) < 4.78 is 1.29. The fraction of sp³-hybridized carbons (Fsp3) is 0.545. The summed E-state index contributed by atoms with van der Waals surface area (Å²) in [5.74, 6) is -0.368. The molecule has 0 bridgehead atoms. The van der Waals surface area contributed by atoms with Crippen LogP contribution in [0.25, 0.3) is 0 Å². The number of carbonyl (C=O) groups is 1. The first-order valence-corrected chi connectivity index (χ1v) is 6.80. The van der Waals surface area contributed by atoms with Crippen molar-refractivity contribution in [2.24, 2.45) is 7.05 Å². The molecule has 0 spiro atoms. The Bertz CT molecular complexity index is 445. The number of halogens is 1. The molecule has 1 atom stereocenters. The summed E-state index contributed by atoms with van der Waals surface area (Å²) in [4.78, 5) is 22.2. The molecule has 1 rings (SSSR count). The van der Waals surface area contributed by atoms with E-state index in [1.165, 1.54) is 23.7 Å². The van der Waals surface area contributed by atoms with Crippen molar-refractivity contribution in [1.82, 2.24) is 9.88 Å². The first-order chi connectivity index (χ1) is 8.51. The molecule has 1 N–H and O–H groups in total. The Morgan fingerprint density at radius 1 is 1.61 bits per heavy atom. The fourth-order valence-electron chi connectivity index (χ4n) is 1.68. The summed E-state index contributed by atoms with van der Waals surface area (Å²) >= 11 is 3.33. The molecule has 0 fully saturated rings. The van der Waals surface area contributed by atoms with Crippen molar-refractivity contribution < 1.29 is 9.72 Å². The van der Waals surface area contributed by atoms with E-state index in [1.54, 1.807) is 0 Å². The lowest BCUT2D eigenvalue weighted by Crippen LogP contribution is -2.35. The fourth-order valence-corrected chi connectivity index (χ4v) is 2.23. The number of nitro groups is 1. The Balaban J connectivity index is 2.81. The standard InChI is InChI=1S/C11H16BrN3O3/c1-3-8(6-7-12)13-11(16)9-4-5-10(14(9)2)15(17)18/h4-5,8H,3,6-7H2,1-2H3,(H,13,16). The van der Waals surface area contributed by atoms with Gasteiger partial charge in [-0.25, -0.2) is 4.57 Å². The van der Waals surface area contributed by atoms with Gasteiger partial charge in [0.15, 0.2) is 5.69 Å². The molecule has 0 radical (unpaired) electrons. The lowest BCUT2D eigenvalue weighted by molar-refractivity contribution is -0.391. The van der Waals surface area contributed by atoms with Gasteiger partial charge in [0.25, 0.3) is 5.91 Å². The Hall–Kier alpha value is -1.37. The van der Waals surface area contributed by atoms with Gasteiger partial charge < -0.3 is 15.4 Å². The highest BCUT2D eigenvalue weighted by molar-refractivity contribution is 9.09. The first-order valence-electron chi connectivity index (χ1n) is 5.68. The van der Waals surface area contributed by atoms with E-state index in [0.717, 1.165) is 18.2 Å². The molecule has 100 valence electrons. The molecule has 1 unspecified atom stereocenters. The number of amides is 1. The van der Waals surface area contributed by atoms with Crippen LogP contribution in [0, 0.1) is 10.1 Å². The summed E-state index contributed by atoms with van der Waals surface area (Å²) in [7, 11) is 1.51. The molecular weight excluding hydrogens is 302 g/mol. The highest BCUT2D eigenvalue weighted by atomic mass is 79.9. The Kier molecular flexibility index (Phi) is 5.33.